The van der Waals surface area contributed by atoms with E-state index in [0.29, 0.717) is 16.9 Å². The number of hydrogen-bond acceptors (Lipinski definition) is 10. The summed E-state index contributed by atoms with van der Waals surface area (Å²) in [6.45, 7) is 2.45. The lowest BCUT2D eigenvalue weighted by atomic mass is 9.94. The molecule has 0 saturated heterocycles. The van der Waals surface area contributed by atoms with Crippen molar-refractivity contribution in [2.24, 2.45) is 0 Å². The lowest BCUT2D eigenvalue weighted by molar-refractivity contribution is -0.195. The van der Waals surface area contributed by atoms with Crippen molar-refractivity contribution >= 4 is 40.5 Å². The number of terminal acetylenes is 1. The lowest BCUT2D eigenvalue weighted by Crippen LogP contribution is -2.52. The Labute approximate surface area is 235 Å². The number of carbonyl (C=O) groups is 2. The van der Waals surface area contributed by atoms with Gasteiger partial charge in [-0.1, -0.05) is 36.3 Å². The second-order valence-corrected chi connectivity index (χ2v) is 9.54. The third-order valence-electron chi connectivity index (χ3n) is 6.24. The number of imidazole rings is 1. The molecule has 0 aliphatic rings. The van der Waals surface area contributed by atoms with Gasteiger partial charge in [0.15, 0.2) is 29.3 Å². The number of aliphatic hydroxyl groups is 2. The normalized spacial score (nSPS) is 14.1. The molecule has 2 heterocycles. The molecule has 0 fully saturated rings. The smallest absolute Gasteiger partial charge is 0.348 e. The zero-order valence-electron chi connectivity index (χ0n) is 22.0. The molecule has 0 unspecified atom stereocenters. The summed E-state index contributed by atoms with van der Waals surface area (Å²) in [7, 11) is 1.79. The number of ether oxygens (including phenoxy) is 2. The number of aromatic nitrogens is 4. The van der Waals surface area contributed by atoms with Crippen LogP contribution in [-0.4, -0.2) is 96.0 Å². The van der Waals surface area contributed by atoms with Gasteiger partial charge in [0, 0.05) is 19.5 Å². The van der Waals surface area contributed by atoms with Crippen LogP contribution in [0.25, 0.3) is 11.2 Å². The highest BCUT2D eigenvalue weighted by Gasteiger charge is 2.49. The number of carboxylic acids is 2. The van der Waals surface area contributed by atoms with Crippen molar-refractivity contribution in [2.45, 2.75) is 50.3 Å². The van der Waals surface area contributed by atoms with Crippen LogP contribution in [0.15, 0.2) is 36.7 Å². The van der Waals surface area contributed by atoms with E-state index in [1.54, 1.807) is 37.4 Å². The van der Waals surface area contributed by atoms with Crippen molar-refractivity contribution in [1.29, 1.82) is 0 Å². The van der Waals surface area contributed by atoms with Crippen LogP contribution >= 0.6 is 11.6 Å². The van der Waals surface area contributed by atoms with E-state index in [4.69, 9.17) is 27.5 Å². The minimum Gasteiger partial charge on any atom is -0.479 e. The molecule has 0 bridgehead atoms. The molecule has 3 atom stereocenters. The summed E-state index contributed by atoms with van der Waals surface area (Å²) in [6, 6.07) is 8.10. The highest BCUT2D eigenvalue weighted by atomic mass is 35.5. The van der Waals surface area contributed by atoms with Gasteiger partial charge in [0.25, 0.3) is 5.60 Å². The molecule has 3 rings (SSSR count). The van der Waals surface area contributed by atoms with Gasteiger partial charge in [-0.2, -0.15) is 9.97 Å². The predicted molar refractivity (Wildman–Crippen MR) is 144 cm³/mol. The summed E-state index contributed by atoms with van der Waals surface area (Å²) in [6.07, 6.45) is 1.93. The van der Waals surface area contributed by atoms with Gasteiger partial charge in [0.05, 0.1) is 19.5 Å². The molecule has 4 N–H and O–H groups in total. The van der Waals surface area contributed by atoms with Crippen molar-refractivity contribution in [3.05, 3.63) is 47.5 Å². The van der Waals surface area contributed by atoms with Gasteiger partial charge in [-0.05, 0) is 31.0 Å². The summed E-state index contributed by atoms with van der Waals surface area (Å²) in [5.41, 5.74) is -1.79. The number of fused-ring (bicyclic) bond motifs is 1. The van der Waals surface area contributed by atoms with Gasteiger partial charge >= 0.3 is 11.9 Å². The van der Waals surface area contributed by atoms with Crippen LogP contribution in [0, 0.1) is 12.3 Å². The van der Waals surface area contributed by atoms with Crippen LogP contribution in [-0.2, 0) is 25.5 Å². The second-order valence-electron chi connectivity index (χ2n) is 9.20. The summed E-state index contributed by atoms with van der Waals surface area (Å²) in [5, 5.41) is 40.2. The number of halogens is 1. The fourth-order valence-electron chi connectivity index (χ4n) is 3.79. The average Bonchev–Trinajstić information content (AvgIpc) is 3.34. The van der Waals surface area contributed by atoms with Crippen LogP contribution in [0.5, 0.6) is 0 Å². The topological polar surface area (TPSA) is 180 Å². The quantitative estimate of drug-likeness (QED) is 0.123. The van der Waals surface area contributed by atoms with E-state index in [1.165, 1.54) is 10.9 Å². The molecular weight excluding hydrogens is 546 g/mol. The Balaban J connectivity index is 1.94. The summed E-state index contributed by atoms with van der Waals surface area (Å²) in [4.78, 5) is 38.9. The van der Waals surface area contributed by atoms with E-state index in [-0.39, 0.29) is 17.0 Å². The first-order chi connectivity index (χ1) is 18.9. The van der Waals surface area contributed by atoms with Gasteiger partial charge in [0.1, 0.15) is 6.10 Å². The minimum absolute atomic E-state index is 0.0261. The Morgan fingerprint density at radius 1 is 1.20 bits per heavy atom. The van der Waals surface area contributed by atoms with Gasteiger partial charge < -0.3 is 34.8 Å². The van der Waals surface area contributed by atoms with E-state index >= 15 is 0 Å². The fraction of sp³-hybridized carbons (Fsp3) is 0.423. The molecule has 3 aromatic rings. The maximum absolute atomic E-state index is 12.1. The molecule has 40 heavy (non-hydrogen) atoms. The lowest BCUT2D eigenvalue weighted by Gasteiger charge is -2.30. The van der Waals surface area contributed by atoms with Crippen molar-refractivity contribution < 1.29 is 39.5 Å². The fourth-order valence-corrected chi connectivity index (χ4v) is 3.95. The van der Waals surface area contributed by atoms with Gasteiger partial charge in [-0.15, -0.1) is 6.42 Å². The maximum atomic E-state index is 12.1. The highest BCUT2D eigenvalue weighted by Crippen LogP contribution is 2.29. The third kappa shape index (κ3) is 6.49. The van der Waals surface area contributed by atoms with E-state index in [9.17, 15) is 30.0 Å². The summed E-state index contributed by atoms with van der Waals surface area (Å²) >= 11 is 6.17. The van der Waals surface area contributed by atoms with Crippen molar-refractivity contribution in [1.82, 2.24) is 19.5 Å². The van der Waals surface area contributed by atoms with Crippen LogP contribution in [0.1, 0.15) is 25.6 Å². The first-order valence-electron chi connectivity index (χ1n) is 12.1. The molecule has 0 aliphatic carbocycles. The molecule has 14 heteroatoms. The van der Waals surface area contributed by atoms with Crippen molar-refractivity contribution in [3.8, 4) is 12.3 Å². The van der Waals surface area contributed by atoms with Gasteiger partial charge in [-0.3, -0.25) is 4.57 Å². The predicted octanol–water partition coefficient (Wildman–Crippen LogP) is 1.36. The molecule has 0 spiro atoms. The van der Waals surface area contributed by atoms with Crippen molar-refractivity contribution in [3.63, 3.8) is 0 Å². The summed E-state index contributed by atoms with van der Waals surface area (Å²) in [5.74, 6) is -0.928. The van der Waals surface area contributed by atoms with E-state index in [0.717, 1.165) is 0 Å². The monoisotopic (exact) mass is 575 g/mol. The number of nitrogens with zero attached hydrogens (tertiary/aromatic N) is 5. The van der Waals surface area contributed by atoms with E-state index < -0.39 is 55.6 Å². The SMILES string of the molecule is C#C[C@@H](O)[C@@H](O[C@@H](CO)COC(Cc1ccccc1)(C(=O)O)C(=O)O)n1cnc2c(N(C)C(C)C)nc(Cl)nc21. The van der Waals surface area contributed by atoms with Gasteiger partial charge in [0.2, 0.25) is 5.28 Å². The van der Waals surface area contributed by atoms with Crippen LogP contribution in [0.3, 0.4) is 0 Å². The first kappa shape index (κ1) is 30.7. The average molecular weight is 576 g/mol. The molecule has 0 amide bonds. The first-order valence-corrected chi connectivity index (χ1v) is 12.5. The standard InChI is InChI=1S/C26H30ClN5O8/c1-5-18(34)22(32-14-28-19-20(31(4)15(2)3)29-25(27)30-21(19)32)40-17(12-33)13-39-26(23(35)36,24(37)38)11-16-9-7-6-8-10-16/h1,6-10,14-15,17-18,22,33-34H,11-13H2,2-4H3,(H,35,36)(H,37,38)/t17-,18+,22+/m0/s1. The molecule has 2 aromatic heterocycles. The number of anilines is 1. The minimum atomic E-state index is -2.68. The van der Waals surface area contributed by atoms with Gasteiger partial charge in [-0.25, -0.2) is 14.6 Å². The second kappa shape index (κ2) is 13.0. The number of aliphatic carboxylic acids is 2. The largest absolute Gasteiger partial charge is 0.479 e. The Kier molecular flexibility index (Phi) is 10.0. The molecule has 0 saturated carbocycles. The maximum Gasteiger partial charge on any atom is 0.348 e. The molecular formula is C26H30ClN5O8. The van der Waals surface area contributed by atoms with E-state index in [1.807, 2.05) is 18.7 Å². The molecule has 0 aliphatic heterocycles. The van der Waals surface area contributed by atoms with E-state index in [2.05, 4.69) is 20.9 Å². The summed E-state index contributed by atoms with van der Waals surface area (Å²) < 4.78 is 12.6. The van der Waals surface area contributed by atoms with Crippen LogP contribution in [0.4, 0.5) is 5.82 Å². The number of carboxylic acid groups (broad SMARTS) is 2. The number of benzene rings is 1. The Morgan fingerprint density at radius 2 is 1.85 bits per heavy atom. The number of aliphatic hydroxyl groups excluding tert-OH is 2. The molecule has 13 nitrogen and oxygen atoms in total. The molecule has 1 aromatic carbocycles. The number of rotatable bonds is 14. The Hall–Kier alpha value is -3.80. The highest BCUT2D eigenvalue weighted by molar-refractivity contribution is 6.28. The molecule has 214 valence electrons. The Bertz CT molecular complexity index is 1360. The zero-order chi connectivity index (χ0) is 29.6. The van der Waals surface area contributed by atoms with Crippen LogP contribution < -0.4 is 4.90 Å². The third-order valence-corrected chi connectivity index (χ3v) is 6.41. The zero-order valence-corrected chi connectivity index (χ0v) is 22.8. The van der Waals surface area contributed by atoms with Crippen LogP contribution in [0.2, 0.25) is 5.28 Å². The van der Waals surface area contributed by atoms with Crippen molar-refractivity contribution in [2.75, 3.05) is 25.2 Å². The Morgan fingerprint density at radius 3 is 2.40 bits per heavy atom. The molecule has 0 radical (unpaired) electrons. The number of hydrogen-bond donors (Lipinski definition) is 4.